The van der Waals surface area contributed by atoms with Gasteiger partial charge in [-0.15, -0.1) is 0 Å². The summed E-state index contributed by atoms with van der Waals surface area (Å²) >= 11 is 0. The maximum Gasteiger partial charge on any atom is 0.227 e. The average Bonchev–Trinajstić information content (AvgIpc) is 2.29. The summed E-state index contributed by atoms with van der Waals surface area (Å²) in [5.41, 5.74) is 6.35. The van der Waals surface area contributed by atoms with Gasteiger partial charge in [-0.2, -0.15) is 0 Å². The smallest absolute Gasteiger partial charge is 0.227 e. The molecule has 0 aliphatic rings. The highest BCUT2D eigenvalue weighted by Gasteiger charge is 2.11. The van der Waals surface area contributed by atoms with Crippen LogP contribution in [0.1, 0.15) is 19.8 Å². The molecule has 1 rings (SSSR count). The molecule has 1 amide bonds. The fraction of sp³-hybridized carbons (Fsp3) is 0.417. The number of nitrogens with two attached hydrogens (primary N) is 1. The van der Waals surface area contributed by atoms with Gasteiger partial charge in [0.25, 0.3) is 0 Å². The second-order valence-corrected chi connectivity index (χ2v) is 3.37. The van der Waals surface area contributed by atoms with E-state index in [2.05, 4.69) is 0 Å². The summed E-state index contributed by atoms with van der Waals surface area (Å²) in [6, 6.07) is 9.72. The van der Waals surface area contributed by atoms with E-state index in [1.54, 1.807) is 4.90 Å². The summed E-state index contributed by atoms with van der Waals surface area (Å²) in [5.74, 6) is 0.147. The third-order valence-corrected chi connectivity index (χ3v) is 2.28. The van der Waals surface area contributed by atoms with E-state index in [1.165, 1.54) is 0 Å². The Balaban J connectivity index is 2.67. The molecular formula is C12H18N2O. The van der Waals surface area contributed by atoms with Gasteiger partial charge in [0.05, 0.1) is 0 Å². The van der Waals surface area contributed by atoms with Gasteiger partial charge in [-0.1, -0.05) is 18.2 Å². The topological polar surface area (TPSA) is 46.3 Å². The van der Waals surface area contributed by atoms with Crippen LogP contribution >= 0.6 is 0 Å². The van der Waals surface area contributed by atoms with E-state index in [1.807, 2.05) is 37.3 Å². The number of amides is 1. The number of nitrogens with zero attached hydrogens (tertiary/aromatic N) is 1. The molecule has 0 unspecified atom stereocenters. The zero-order valence-electron chi connectivity index (χ0n) is 9.15. The number of anilines is 1. The minimum absolute atomic E-state index is 0.147. The summed E-state index contributed by atoms with van der Waals surface area (Å²) in [4.78, 5) is 13.6. The monoisotopic (exact) mass is 206 g/mol. The van der Waals surface area contributed by atoms with Gasteiger partial charge in [-0.3, -0.25) is 4.79 Å². The molecule has 1 aromatic carbocycles. The standard InChI is InChI=1S/C12H18N2O/c1-2-14(12(15)9-6-10-13)11-7-4-3-5-8-11/h3-5,7-8H,2,6,9-10,13H2,1H3. The molecule has 0 aromatic heterocycles. The van der Waals surface area contributed by atoms with Crippen molar-refractivity contribution in [1.29, 1.82) is 0 Å². The van der Waals surface area contributed by atoms with Crippen LogP contribution in [0.4, 0.5) is 5.69 Å². The van der Waals surface area contributed by atoms with E-state index in [9.17, 15) is 4.79 Å². The lowest BCUT2D eigenvalue weighted by molar-refractivity contribution is -0.118. The lowest BCUT2D eigenvalue weighted by Crippen LogP contribution is -2.30. The van der Waals surface area contributed by atoms with E-state index < -0.39 is 0 Å². The molecule has 0 atom stereocenters. The largest absolute Gasteiger partial charge is 0.330 e. The van der Waals surface area contributed by atoms with Crippen LogP contribution in [0.5, 0.6) is 0 Å². The number of carbonyl (C=O) groups excluding carboxylic acids is 1. The van der Waals surface area contributed by atoms with E-state index in [-0.39, 0.29) is 5.91 Å². The van der Waals surface area contributed by atoms with Crippen molar-refractivity contribution in [1.82, 2.24) is 0 Å². The van der Waals surface area contributed by atoms with E-state index in [4.69, 9.17) is 5.73 Å². The van der Waals surface area contributed by atoms with E-state index in [0.717, 1.165) is 12.1 Å². The summed E-state index contributed by atoms with van der Waals surface area (Å²) in [5, 5.41) is 0. The molecule has 0 saturated heterocycles. The molecule has 0 aliphatic heterocycles. The Bertz CT molecular complexity index is 298. The molecule has 2 N–H and O–H groups in total. The normalized spacial score (nSPS) is 10.0. The first-order chi connectivity index (χ1) is 7.29. The highest BCUT2D eigenvalue weighted by Crippen LogP contribution is 2.14. The second-order valence-electron chi connectivity index (χ2n) is 3.37. The van der Waals surface area contributed by atoms with Gasteiger partial charge in [-0.05, 0) is 32.0 Å². The predicted molar refractivity (Wildman–Crippen MR) is 62.8 cm³/mol. The molecule has 0 saturated carbocycles. The lowest BCUT2D eigenvalue weighted by Gasteiger charge is -2.20. The zero-order valence-corrected chi connectivity index (χ0v) is 9.15. The first-order valence-electron chi connectivity index (χ1n) is 5.35. The fourth-order valence-corrected chi connectivity index (χ4v) is 1.50. The third kappa shape index (κ3) is 3.36. The quantitative estimate of drug-likeness (QED) is 0.798. The summed E-state index contributed by atoms with van der Waals surface area (Å²) < 4.78 is 0. The molecule has 0 aliphatic carbocycles. The molecule has 3 nitrogen and oxygen atoms in total. The van der Waals surface area contributed by atoms with Crippen molar-refractivity contribution in [3.05, 3.63) is 30.3 Å². The lowest BCUT2D eigenvalue weighted by atomic mass is 10.2. The molecule has 1 aromatic rings. The van der Waals surface area contributed by atoms with Crippen molar-refractivity contribution in [3.63, 3.8) is 0 Å². The Labute approximate surface area is 90.9 Å². The van der Waals surface area contributed by atoms with Crippen LogP contribution in [-0.4, -0.2) is 19.0 Å². The van der Waals surface area contributed by atoms with Crippen molar-refractivity contribution < 1.29 is 4.79 Å². The highest BCUT2D eigenvalue weighted by molar-refractivity contribution is 5.93. The van der Waals surface area contributed by atoms with Gasteiger partial charge < -0.3 is 10.6 Å². The van der Waals surface area contributed by atoms with Crippen molar-refractivity contribution >= 4 is 11.6 Å². The van der Waals surface area contributed by atoms with Crippen molar-refractivity contribution in [2.45, 2.75) is 19.8 Å². The van der Waals surface area contributed by atoms with Crippen LogP contribution in [0.25, 0.3) is 0 Å². The number of para-hydroxylation sites is 1. The van der Waals surface area contributed by atoms with Gasteiger partial charge in [0, 0.05) is 18.7 Å². The Morgan fingerprint density at radius 2 is 2.00 bits per heavy atom. The van der Waals surface area contributed by atoms with Crippen LogP contribution in [0, 0.1) is 0 Å². The van der Waals surface area contributed by atoms with Crippen molar-refractivity contribution in [2.24, 2.45) is 5.73 Å². The molecular weight excluding hydrogens is 188 g/mol. The number of hydrogen-bond donors (Lipinski definition) is 1. The molecule has 15 heavy (non-hydrogen) atoms. The second kappa shape index (κ2) is 6.19. The molecule has 0 heterocycles. The number of hydrogen-bond acceptors (Lipinski definition) is 2. The predicted octanol–water partition coefficient (Wildman–Crippen LogP) is 1.78. The van der Waals surface area contributed by atoms with Gasteiger partial charge >= 0.3 is 0 Å². The van der Waals surface area contributed by atoms with Gasteiger partial charge in [-0.25, -0.2) is 0 Å². The third-order valence-electron chi connectivity index (χ3n) is 2.28. The fourth-order valence-electron chi connectivity index (χ4n) is 1.50. The van der Waals surface area contributed by atoms with Gasteiger partial charge in [0.2, 0.25) is 5.91 Å². The van der Waals surface area contributed by atoms with Gasteiger partial charge in [0.1, 0.15) is 0 Å². The molecule has 82 valence electrons. The van der Waals surface area contributed by atoms with E-state index in [0.29, 0.717) is 19.5 Å². The SMILES string of the molecule is CCN(C(=O)CCCN)c1ccccc1. The van der Waals surface area contributed by atoms with Crippen molar-refractivity contribution in [2.75, 3.05) is 18.0 Å². The first-order valence-corrected chi connectivity index (χ1v) is 5.35. The van der Waals surface area contributed by atoms with Gasteiger partial charge in [0.15, 0.2) is 0 Å². The zero-order chi connectivity index (χ0) is 11.1. The molecule has 0 bridgehead atoms. The highest BCUT2D eigenvalue weighted by atomic mass is 16.2. The van der Waals surface area contributed by atoms with Crippen LogP contribution in [-0.2, 0) is 4.79 Å². The molecule has 3 heteroatoms. The molecule has 0 fully saturated rings. The molecule has 0 spiro atoms. The summed E-state index contributed by atoms with van der Waals surface area (Å²) in [6.07, 6.45) is 1.28. The summed E-state index contributed by atoms with van der Waals surface area (Å²) in [7, 11) is 0. The van der Waals surface area contributed by atoms with E-state index >= 15 is 0 Å². The summed E-state index contributed by atoms with van der Waals surface area (Å²) in [6.45, 7) is 3.25. The minimum Gasteiger partial charge on any atom is -0.330 e. The number of carbonyl (C=O) groups is 1. The molecule has 0 radical (unpaired) electrons. The van der Waals surface area contributed by atoms with Crippen LogP contribution in [0.2, 0.25) is 0 Å². The van der Waals surface area contributed by atoms with Crippen molar-refractivity contribution in [3.8, 4) is 0 Å². The Hall–Kier alpha value is -1.35. The maximum absolute atomic E-state index is 11.8. The maximum atomic E-state index is 11.8. The minimum atomic E-state index is 0.147. The van der Waals surface area contributed by atoms with Crippen LogP contribution in [0.3, 0.4) is 0 Å². The number of benzene rings is 1. The average molecular weight is 206 g/mol. The Morgan fingerprint density at radius 3 is 2.53 bits per heavy atom. The first kappa shape index (κ1) is 11.7. The van der Waals surface area contributed by atoms with Crippen LogP contribution < -0.4 is 10.6 Å². The van der Waals surface area contributed by atoms with Crippen LogP contribution in [0.15, 0.2) is 30.3 Å². The number of rotatable bonds is 5. The Kier molecular flexibility index (Phi) is 4.84. The Morgan fingerprint density at radius 1 is 1.33 bits per heavy atom.